The lowest BCUT2D eigenvalue weighted by Crippen LogP contribution is -2.38. The molecule has 134 valence electrons. The van der Waals surface area contributed by atoms with Crippen molar-refractivity contribution in [3.8, 4) is 11.5 Å². The summed E-state index contributed by atoms with van der Waals surface area (Å²) < 4.78 is 30.3. The molecule has 0 radical (unpaired) electrons. The molecule has 1 amide bonds. The van der Waals surface area contributed by atoms with Gasteiger partial charge in [0.25, 0.3) is 0 Å². The molecule has 0 spiro atoms. The van der Waals surface area contributed by atoms with Crippen LogP contribution in [-0.4, -0.2) is 24.3 Å². The SMILES string of the molecule is CC(C)(CC(=O)NO)S(=O)(=O)c1ccccc1Oc1ccc(Cl)cc1. The van der Waals surface area contributed by atoms with Gasteiger partial charge in [-0.15, -0.1) is 0 Å². The molecule has 2 aromatic carbocycles. The molecule has 0 heterocycles. The lowest BCUT2D eigenvalue weighted by Gasteiger charge is -2.25. The zero-order chi connectivity index (χ0) is 18.7. The van der Waals surface area contributed by atoms with Crippen molar-refractivity contribution < 1.29 is 23.2 Å². The van der Waals surface area contributed by atoms with Gasteiger partial charge < -0.3 is 4.74 Å². The number of carbonyl (C=O) groups is 1. The number of hydroxylamine groups is 1. The molecule has 6 nitrogen and oxygen atoms in total. The Bertz CT molecular complexity index is 863. The predicted molar refractivity (Wildman–Crippen MR) is 93.8 cm³/mol. The summed E-state index contributed by atoms with van der Waals surface area (Å²) >= 11 is 5.83. The number of halogens is 1. The quantitative estimate of drug-likeness (QED) is 0.587. The maximum absolute atomic E-state index is 13.0. The zero-order valence-electron chi connectivity index (χ0n) is 13.7. The Kier molecular flexibility index (Phi) is 5.72. The minimum atomic E-state index is -3.93. The normalized spacial score (nSPS) is 11.8. The van der Waals surface area contributed by atoms with Gasteiger partial charge in [-0.2, -0.15) is 0 Å². The van der Waals surface area contributed by atoms with Crippen LogP contribution in [-0.2, 0) is 14.6 Å². The number of hydrogen-bond acceptors (Lipinski definition) is 5. The predicted octanol–water partition coefficient (Wildman–Crippen LogP) is 3.58. The van der Waals surface area contributed by atoms with Crippen LogP contribution in [0, 0.1) is 0 Å². The van der Waals surface area contributed by atoms with Gasteiger partial charge >= 0.3 is 0 Å². The number of amides is 1. The second kappa shape index (κ2) is 7.43. The van der Waals surface area contributed by atoms with E-state index in [1.54, 1.807) is 36.4 Å². The van der Waals surface area contributed by atoms with Crippen molar-refractivity contribution in [1.29, 1.82) is 0 Å². The third-order valence-corrected chi connectivity index (χ3v) is 6.39. The second-order valence-electron chi connectivity index (χ2n) is 5.98. The van der Waals surface area contributed by atoms with Gasteiger partial charge in [-0.25, -0.2) is 13.9 Å². The highest BCUT2D eigenvalue weighted by Gasteiger charge is 2.39. The minimum absolute atomic E-state index is 0.0410. The van der Waals surface area contributed by atoms with E-state index in [0.29, 0.717) is 10.8 Å². The van der Waals surface area contributed by atoms with Crippen LogP contribution >= 0.6 is 11.6 Å². The summed E-state index contributed by atoms with van der Waals surface area (Å²) in [6.45, 7) is 2.83. The first-order valence-electron chi connectivity index (χ1n) is 7.37. The van der Waals surface area contributed by atoms with Crippen molar-refractivity contribution in [1.82, 2.24) is 5.48 Å². The van der Waals surface area contributed by atoms with Crippen molar-refractivity contribution in [2.24, 2.45) is 0 Å². The first-order valence-corrected chi connectivity index (χ1v) is 9.23. The molecule has 0 saturated heterocycles. The molecule has 25 heavy (non-hydrogen) atoms. The zero-order valence-corrected chi connectivity index (χ0v) is 15.3. The van der Waals surface area contributed by atoms with Gasteiger partial charge in [0, 0.05) is 11.4 Å². The van der Waals surface area contributed by atoms with Crippen LogP contribution < -0.4 is 10.2 Å². The summed E-state index contributed by atoms with van der Waals surface area (Å²) in [5.74, 6) is -0.218. The van der Waals surface area contributed by atoms with E-state index in [4.69, 9.17) is 21.5 Å². The fourth-order valence-corrected chi connectivity index (χ4v) is 3.88. The Hall–Kier alpha value is -2.09. The van der Waals surface area contributed by atoms with Crippen LogP contribution in [0.1, 0.15) is 20.3 Å². The molecule has 0 saturated carbocycles. The highest BCUT2D eigenvalue weighted by atomic mass is 35.5. The van der Waals surface area contributed by atoms with Crippen molar-refractivity contribution in [3.05, 3.63) is 53.6 Å². The van der Waals surface area contributed by atoms with E-state index in [0.717, 1.165) is 0 Å². The third-order valence-electron chi connectivity index (χ3n) is 3.62. The Morgan fingerprint density at radius 3 is 2.36 bits per heavy atom. The Balaban J connectivity index is 2.41. The van der Waals surface area contributed by atoms with E-state index in [1.807, 2.05) is 0 Å². The van der Waals surface area contributed by atoms with Crippen molar-refractivity contribution in [2.75, 3.05) is 0 Å². The standard InChI is InChI=1S/C17H18ClNO5S/c1-17(2,11-16(20)19-21)25(22,23)15-6-4-3-5-14(15)24-13-9-7-12(18)8-10-13/h3-10,21H,11H2,1-2H3,(H,19,20). The van der Waals surface area contributed by atoms with E-state index in [-0.39, 0.29) is 10.6 Å². The van der Waals surface area contributed by atoms with Gasteiger partial charge in [-0.3, -0.25) is 10.0 Å². The van der Waals surface area contributed by atoms with Crippen molar-refractivity contribution in [3.63, 3.8) is 0 Å². The van der Waals surface area contributed by atoms with Crippen molar-refractivity contribution >= 4 is 27.3 Å². The summed E-state index contributed by atoms with van der Waals surface area (Å²) in [4.78, 5) is 11.4. The lowest BCUT2D eigenvalue weighted by molar-refractivity contribution is -0.129. The van der Waals surface area contributed by atoms with Crippen LogP contribution in [0.25, 0.3) is 0 Å². The number of ether oxygens (including phenoxy) is 1. The summed E-state index contributed by atoms with van der Waals surface area (Å²) in [6.07, 6.45) is -0.402. The fourth-order valence-electron chi connectivity index (χ4n) is 2.20. The highest BCUT2D eigenvalue weighted by molar-refractivity contribution is 7.93. The fraction of sp³-hybridized carbons (Fsp3) is 0.235. The van der Waals surface area contributed by atoms with Crippen LogP contribution in [0.15, 0.2) is 53.4 Å². The monoisotopic (exact) mass is 383 g/mol. The number of carbonyl (C=O) groups excluding carboxylic acids is 1. The minimum Gasteiger partial charge on any atom is -0.456 e. The summed E-state index contributed by atoms with van der Waals surface area (Å²) in [7, 11) is -3.93. The molecule has 0 aliphatic rings. The van der Waals surface area contributed by atoms with Crippen LogP contribution in [0.4, 0.5) is 0 Å². The van der Waals surface area contributed by atoms with Gasteiger partial charge in [-0.1, -0.05) is 23.7 Å². The van der Waals surface area contributed by atoms with Crippen molar-refractivity contribution in [2.45, 2.75) is 29.9 Å². The lowest BCUT2D eigenvalue weighted by atomic mass is 10.1. The number of rotatable bonds is 6. The molecule has 0 atom stereocenters. The van der Waals surface area contributed by atoms with Gasteiger partial charge in [-0.05, 0) is 50.2 Å². The number of para-hydroxylation sites is 1. The van der Waals surface area contributed by atoms with Crippen LogP contribution in [0.5, 0.6) is 11.5 Å². The summed E-state index contributed by atoms with van der Waals surface area (Å²) in [5, 5.41) is 9.21. The molecule has 0 aliphatic carbocycles. The summed E-state index contributed by atoms with van der Waals surface area (Å²) in [6, 6.07) is 12.7. The van der Waals surface area contributed by atoms with Gasteiger partial charge in [0.15, 0.2) is 9.84 Å². The third kappa shape index (κ3) is 4.31. The van der Waals surface area contributed by atoms with Crippen LogP contribution in [0.3, 0.4) is 0 Å². The first-order chi connectivity index (χ1) is 11.7. The Labute approximate surface area is 151 Å². The molecular weight excluding hydrogens is 366 g/mol. The van der Waals surface area contributed by atoms with Gasteiger partial charge in [0.05, 0.1) is 4.75 Å². The molecular formula is C17H18ClNO5S. The van der Waals surface area contributed by atoms with Crippen LogP contribution in [0.2, 0.25) is 5.02 Å². The van der Waals surface area contributed by atoms with Gasteiger partial charge in [0.2, 0.25) is 5.91 Å². The number of benzene rings is 2. The molecule has 0 fully saturated rings. The van der Waals surface area contributed by atoms with Gasteiger partial charge in [0.1, 0.15) is 16.4 Å². The average molecular weight is 384 g/mol. The molecule has 0 aromatic heterocycles. The molecule has 2 aromatic rings. The molecule has 0 aliphatic heterocycles. The average Bonchev–Trinajstić information content (AvgIpc) is 2.56. The number of hydrogen-bond donors (Lipinski definition) is 2. The van der Waals surface area contributed by atoms with E-state index in [1.165, 1.54) is 31.5 Å². The Morgan fingerprint density at radius 2 is 1.76 bits per heavy atom. The summed E-state index contributed by atoms with van der Waals surface area (Å²) in [5.41, 5.74) is 1.46. The molecule has 2 rings (SSSR count). The number of sulfone groups is 1. The molecule has 0 bridgehead atoms. The maximum atomic E-state index is 13.0. The maximum Gasteiger partial charge on any atom is 0.244 e. The Morgan fingerprint density at radius 1 is 1.16 bits per heavy atom. The van der Waals surface area contributed by atoms with E-state index in [9.17, 15) is 13.2 Å². The van der Waals surface area contributed by atoms with E-state index < -0.39 is 26.9 Å². The molecule has 8 heteroatoms. The first kappa shape index (κ1) is 19.2. The molecule has 0 unspecified atom stereocenters. The highest BCUT2D eigenvalue weighted by Crippen LogP contribution is 2.36. The van der Waals surface area contributed by atoms with E-state index >= 15 is 0 Å². The topological polar surface area (TPSA) is 92.7 Å². The molecule has 2 N–H and O–H groups in total. The second-order valence-corrected chi connectivity index (χ2v) is 8.97. The largest absolute Gasteiger partial charge is 0.456 e. The number of nitrogens with one attached hydrogen (secondary N) is 1. The van der Waals surface area contributed by atoms with E-state index in [2.05, 4.69) is 0 Å². The smallest absolute Gasteiger partial charge is 0.244 e.